The van der Waals surface area contributed by atoms with Crippen LogP contribution in [0.15, 0.2) is 42.5 Å². The van der Waals surface area contributed by atoms with Gasteiger partial charge in [0, 0.05) is 12.2 Å². The van der Waals surface area contributed by atoms with Gasteiger partial charge in [0.1, 0.15) is 0 Å². The van der Waals surface area contributed by atoms with Crippen LogP contribution in [-0.2, 0) is 11.2 Å². The molecule has 3 rings (SSSR count). The summed E-state index contributed by atoms with van der Waals surface area (Å²) in [5.74, 6) is 0. The summed E-state index contributed by atoms with van der Waals surface area (Å²) in [6.45, 7) is 3.52. The third-order valence-electron chi connectivity index (χ3n) is 3.94. The van der Waals surface area contributed by atoms with Crippen LogP contribution in [0.4, 0.5) is 5.69 Å². The second-order valence-corrected chi connectivity index (χ2v) is 5.33. The van der Waals surface area contributed by atoms with Crippen LogP contribution < -0.4 is 5.32 Å². The Kier molecular flexibility index (Phi) is 3.89. The van der Waals surface area contributed by atoms with E-state index in [0.717, 1.165) is 24.3 Å². The molecule has 1 atom stereocenters. The van der Waals surface area contributed by atoms with Crippen molar-refractivity contribution in [2.75, 3.05) is 18.5 Å². The second-order valence-electron chi connectivity index (χ2n) is 5.33. The number of nitrogens with zero attached hydrogens (tertiary/aromatic N) is 1. The van der Waals surface area contributed by atoms with E-state index in [-0.39, 0.29) is 6.10 Å². The number of benzene rings is 2. The fourth-order valence-electron chi connectivity index (χ4n) is 2.73. The Labute approximate surface area is 125 Å². The lowest BCUT2D eigenvalue weighted by Crippen LogP contribution is -2.22. The fraction of sp³-hybridized carbons (Fsp3) is 0.278. The van der Waals surface area contributed by atoms with Crippen molar-refractivity contribution in [3.8, 4) is 6.07 Å². The number of nitriles is 1. The topological polar surface area (TPSA) is 45.0 Å². The van der Waals surface area contributed by atoms with Gasteiger partial charge >= 0.3 is 0 Å². The van der Waals surface area contributed by atoms with Gasteiger partial charge in [-0.1, -0.05) is 30.3 Å². The molecule has 0 radical (unpaired) electrons. The maximum absolute atomic E-state index is 9.00. The Bertz CT molecular complexity index is 688. The average Bonchev–Trinajstić information content (AvgIpc) is 2.54. The van der Waals surface area contributed by atoms with Gasteiger partial charge in [-0.2, -0.15) is 5.26 Å². The van der Waals surface area contributed by atoms with E-state index in [1.54, 1.807) is 0 Å². The Morgan fingerprint density at radius 1 is 1.29 bits per heavy atom. The molecule has 2 aromatic rings. The molecule has 0 saturated carbocycles. The minimum atomic E-state index is 0.0695. The summed E-state index contributed by atoms with van der Waals surface area (Å²) in [5, 5.41) is 12.4. The van der Waals surface area contributed by atoms with Gasteiger partial charge in [0.15, 0.2) is 0 Å². The lowest BCUT2D eigenvalue weighted by molar-refractivity contribution is 0.0513. The number of ether oxygens (including phenoxy) is 1. The van der Waals surface area contributed by atoms with Crippen molar-refractivity contribution in [1.29, 1.82) is 5.26 Å². The molecular weight excluding hydrogens is 260 g/mol. The van der Waals surface area contributed by atoms with Gasteiger partial charge in [0.25, 0.3) is 0 Å². The van der Waals surface area contributed by atoms with Crippen molar-refractivity contribution in [1.82, 2.24) is 0 Å². The van der Waals surface area contributed by atoms with Gasteiger partial charge in [-0.25, -0.2) is 0 Å². The van der Waals surface area contributed by atoms with E-state index in [2.05, 4.69) is 35.7 Å². The molecular formula is C18H18N2O. The molecule has 1 unspecified atom stereocenters. The van der Waals surface area contributed by atoms with E-state index in [1.807, 2.05) is 25.1 Å². The quantitative estimate of drug-likeness (QED) is 0.933. The maximum atomic E-state index is 9.00. The van der Waals surface area contributed by atoms with Crippen LogP contribution in [0.2, 0.25) is 0 Å². The van der Waals surface area contributed by atoms with Crippen molar-refractivity contribution < 1.29 is 4.74 Å². The minimum absolute atomic E-state index is 0.0695. The summed E-state index contributed by atoms with van der Waals surface area (Å²) >= 11 is 0. The second kappa shape index (κ2) is 5.99. The third kappa shape index (κ3) is 2.91. The molecule has 0 bridgehead atoms. The SMILES string of the molecule is Cc1ccc(C#N)cc1NCC1OCCc2ccccc21. The summed E-state index contributed by atoms with van der Waals surface area (Å²) in [7, 11) is 0. The Hall–Kier alpha value is -2.31. The van der Waals surface area contributed by atoms with Gasteiger partial charge in [-0.05, 0) is 42.2 Å². The summed E-state index contributed by atoms with van der Waals surface area (Å²) in [5.41, 5.74) is 5.45. The number of aryl methyl sites for hydroxylation is 1. The van der Waals surface area contributed by atoms with E-state index in [0.29, 0.717) is 12.1 Å². The molecule has 0 saturated heterocycles. The smallest absolute Gasteiger partial charge is 0.0999 e. The van der Waals surface area contributed by atoms with Crippen LogP contribution in [0, 0.1) is 18.3 Å². The van der Waals surface area contributed by atoms with Gasteiger partial charge in [-0.3, -0.25) is 0 Å². The monoisotopic (exact) mass is 278 g/mol. The molecule has 106 valence electrons. The van der Waals surface area contributed by atoms with Crippen molar-refractivity contribution >= 4 is 5.69 Å². The van der Waals surface area contributed by atoms with Crippen LogP contribution in [0.25, 0.3) is 0 Å². The molecule has 0 fully saturated rings. The standard InChI is InChI=1S/C18H18N2O/c1-13-6-7-14(11-19)10-17(13)20-12-18-16-5-3-2-4-15(16)8-9-21-18/h2-7,10,18,20H,8-9,12H2,1H3. The first-order chi connectivity index (χ1) is 10.3. The van der Waals surface area contributed by atoms with Crippen molar-refractivity contribution in [2.45, 2.75) is 19.4 Å². The molecule has 2 aromatic carbocycles. The molecule has 3 heteroatoms. The molecule has 3 nitrogen and oxygen atoms in total. The highest BCUT2D eigenvalue weighted by Gasteiger charge is 2.20. The first kappa shape index (κ1) is 13.7. The van der Waals surface area contributed by atoms with Gasteiger partial charge in [-0.15, -0.1) is 0 Å². The summed E-state index contributed by atoms with van der Waals surface area (Å²) in [6, 6.07) is 16.3. The van der Waals surface area contributed by atoms with E-state index < -0.39 is 0 Å². The highest BCUT2D eigenvalue weighted by molar-refractivity contribution is 5.55. The number of fused-ring (bicyclic) bond motifs is 1. The lowest BCUT2D eigenvalue weighted by atomic mass is 9.97. The van der Waals surface area contributed by atoms with Crippen LogP contribution in [0.3, 0.4) is 0 Å². The molecule has 1 aliphatic rings. The molecule has 21 heavy (non-hydrogen) atoms. The zero-order valence-electron chi connectivity index (χ0n) is 12.1. The molecule has 1 heterocycles. The molecule has 0 amide bonds. The van der Waals surface area contributed by atoms with Gasteiger partial charge in [0.2, 0.25) is 0 Å². The molecule has 0 spiro atoms. The Balaban J connectivity index is 1.76. The molecule has 1 aliphatic heterocycles. The van der Waals surface area contributed by atoms with Crippen LogP contribution >= 0.6 is 0 Å². The highest BCUT2D eigenvalue weighted by Crippen LogP contribution is 2.27. The highest BCUT2D eigenvalue weighted by atomic mass is 16.5. The largest absolute Gasteiger partial charge is 0.382 e. The van der Waals surface area contributed by atoms with E-state index in [4.69, 9.17) is 10.00 Å². The van der Waals surface area contributed by atoms with Crippen LogP contribution in [-0.4, -0.2) is 13.2 Å². The first-order valence-corrected chi connectivity index (χ1v) is 7.22. The summed E-state index contributed by atoms with van der Waals surface area (Å²) in [6.07, 6.45) is 1.05. The third-order valence-corrected chi connectivity index (χ3v) is 3.94. The Morgan fingerprint density at radius 2 is 2.14 bits per heavy atom. The minimum Gasteiger partial charge on any atom is -0.382 e. The lowest BCUT2D eigenvalue weighted by Gasteiger charge is -2.26. The zero-order chi connectivity index (χ0) is 14.7. The molecule has 0 aromatic heterocycles. The van der Waals surface area contributed by atoms with Crippen LogP contribution in [0.5, 0.6) is 0 Å². The molecule has 0 aliphatic carbocycles. The van der Waals surface area contributed by atoms with Gasteiger partial charge < -0.3 is 10.1 Å². The number of hydrogen-bond donors (Lipinski definition) is 1. The summed E-state index contributed by atoms with van der Waals surface area (Å²) in [4.78, 5) is 0. The van der Waals surface area contributed by atoms with Crippen molar-refractivity contribution in [2.24, 2.45) is 0 Å². The fourth-order valence-corrected chi connectivity index (χ4v) is 2.73. The number of hydrogen-bond acceptors (Lipinski definition) is 3. The van der Waals surface area contributed by atoms with Crippen LogP contribution in [0.1, 0.15) is 28.4 Å². The number of anilines is 1. The van der Waals surface area contributed by atoms with Crippen molar-refractivity contribution in [3.05, 3.63) is 64.7 Å². The van der Waals surface area contributed by atoms with Crippen molar-refractivity contribution in [3.63, 3.8) is 0 Å². The van der Waals surface area contributed by atoms with E-state index in [1.165, 1.54) is 11.1 Å². The van der Waals surface area contributed by atoms with E-state index >= 15 is 0 Å². The summed E-state index contributed by atoms with van der Waals surface area (Å²) < 4.78 is 5.90. The normalized spacial score (nSPS) is 16.9. The first-order valence-electron chi connectivity index (χ1n) is 7.22. The Morgan fingerprint density at radius 3 is 3.00 bits per heavy atom. The predicted molar refractivity (Wildman–Crippen MR) is 83.2 cm³/mol. The van der Waals surface area contributed by atoms with Gasteiger partial charge in [0.05, 0.1) is 24.3 Å². The van der Waals surface area contributed by atoms with E-state index in [9.17, 15) is 0 Å². The zero-order valence-corrected chi connectivity index (χ0v) is 12.1. The maximum Gasteiger partial charge on any atom is 0.0999 e. The number of rotatable bonds is 3. The molecule has 1 N–H and O–H groups in total. The average molecular weight is 278 g/mol. The number of nitrogens with one attached hydrogen (secondary N) is 1. The predicted octanol–water partition coefficient (Wildman–Crippen LogP) is 3.59.